The van der Waals surface area contributed by atoms with E-state index in [1.807, 2.05) is 18.2 Å². The highest BCUT2D eigenvalue weighted by Gasteiger charge is 2.02. The quantitative estimate of drug-likeness (QED) is 0.673. The first kappa shape index (κ1) is 15.2. The third-order valence-corrected chi connectivity index (χ3v) is 2.89. The number of benzene rings is 1. The van der Waals surface area contributed by atoms with Crippen LogP contribution in [0.5, 0.6) is 0 Å². The molecule has 1 rings (SSSR count). The Morgan fingerprint density at radius 1 is 0.947 bits per heavy atom. The average Bonchev–Trinajstić information content (AvgIpc) is 2.42. The molecule has 0 bridgehead atoms. The van der Waals surface area contributed by atoms with Gasteiger partial charge in [0.2, 0.25) is 0 Å². The Hall–Kier alpha value is -1.84. The Kier molecular flexibility index (Phi) is 7.32. The van der Waals surface area contributed by atoms with E-state index in [9.17, 15) is 9.59 Å². The van der Waals surface area contributed by atoms with Crippen molar-refractivity contribution in [3.8, 4) is 0 Å². The van der Waals surface area contributed by atoms with Gasteiger partial charge in [0.1, 0.15) is 0 Å². The molecule has 1 aromatic carbocycles. The Balaban J connectivity index is 1.99. The summed E-state index contributed by atoms with van der Waals surface area (Å²) in [4.78, 5) is 22.0. The van der Waals surface area contributed by atoms with Crippen molar-refractivity contribution in [1.29, 1.82) is 0 Å². The van der Waals surface area contributed by atoms with E-state index in [2.05, 4.69) is 5.32 Å². The molecule has 0 spiro atoms. The molecular weight excluding hydrogens is 242 g/mol. The number of carbonyl (C=O) groups excluding carboxylic acids is 1. The van der Waals surface area contributed by atoms with Crippen LogP contribution in [0, 0.1) is 0 Å². The van der Waals surface area contributed by atoms with Gasteiger partial charge in [-0.2, -0.15) is 0 Å². The van der Waals surface area contributed by atoms with Crippen LogP contribution in [-0.4, -0.2) is 23.5 Å². The molecule has 0 heterocycles. The molecule has 0 saturated heterocycles. The first-order chi connectivity index (χ1) is 9.20. The Morgan fingerprint density at radius 3 is 2.26 bits per heavy atom. The van der Waals surface area contributed by atoms with Gasteiger partial charge in [-0.1, -0.05) is 37.5 Å². The van der Waals surface area contributed by atoms with Gasteiger partial charge in [-0.3, -0.25) is 9.59 Å². The number of amides is 1. The van der Waals surface area contributed by atoms with Crippen molar-refractivity contribution in [1.82, 2.24) is 5.32 Å². The number of hydrogen-bond donors (Lipinski definition) is 2. The molecule has 104 valence electrons. The summed E-state index contributed by atoms with van der Waals surface area (Å²) in [6.07, 6.45) is 4.92. The standard InChI is InChI=1S/C15H21NO3/c17-14(18)11-7-2-1-3-8-12-16-15(19)13-9-5-4-6-10-13/h4-6,9-10H,1-3,7-8,11-12H2,(H,16,19)(H,17,18). The molecule has 0 unspecified atom stereocenters. The molecule has 2 N–H and O–H groups in total. The SMILES string of the molecule is O=C(O)CCCCCCCNC(=O)c1ccccc1. The fraction of sp³-hybridized carbons (Fsp3) is 0.467. The fourth-order valence-electron chi connectivity index (χ4n) is 1.83. The molecule has 19 heavy (non-hydrogen) atoms. The van der Waals surface area contributed by atoms with E-state index >= 15 is 0 Å². The van der Waals surface area contributed by atoms with Crippen LogP contribution >= 0.6 is 0 Å². The number of aliphatic carboxylic acids is 1. The first-order valence-corrected chi connectivity index (χ1v) is 6.75. The first-order valence-electron chi connectivity index (χ1n) is 6.75. The maximum Gasteiger partial charge on any atom is 0.303 e. The molecule has 0 fully saturated rings. The van der Waals surface area contributed by atoms with E-state index in [4.69, 9.17) is 5.11 Å². The van der Waals surface area contributed by atoms with Gasteiger partial charge in [-0.05, 0) is 25.0 Å². The highest BCUT2D eigenvalue weighted by atomic mass is 16.4. The second-order valence-electron chi connectivity index (χ2n) is 4.53. The monoisotopic (exact) mass is 263 g/mol. The predicted octanol–water partition coefficient (Wildman–Crippen LogP) is 2.84. The minimum Gasteiger partial charge on any atom is -0.481 e. The second-order valence-corrected chi connectivity index (χ2v) is 4.53. The number of carboxylic acid groups (broad SMARTS) is 1. The third-order valence-electron chi connectivity index (χ3n) is 2.89. The molecule has 0 radical (unpaired) electrons. The normalized spacial score (nSPS) is 10.1. The van der Waals surface area contributed by atoms with E-state index in [0.717, 1.165) is 32.1 Å². The molecular formula is C15H21NO3. The van der Waals surface area contributed by atoms with Crippen molar-refractivity contribution >= 4 is 11.9 Å². The van der Waals surface area contributed by atoms with Gasteiger partial charge in [-0.15, -0.1) is 0 Å². The zero-order chi connectivity index (χ0) is 13.9. The summed E-state index contributed by atoms with van der Waals surface area (Å²) in [7, 11) is 0. The van der Waals surface area contributed by atoms with Crippen molar-refractivity contribution in [2.24, 2.45) is 0 Å². The van der Waals surface area contributed by atoms with E-state index in [1.165, 1.54) is 0 Å². The van der Waals surface area contributed by atoms with Crippen molar-refractivity contribution < 1.29 is 14.7 Å². The van der Waals surface area contributed by atoms with Gasteiger partial charge >= 0.3 is 5.97 Å². The van der Waals surface area contributed by atoms with Crippen molar-refractivity contribution in [2.45, 2.75) is 38.5 Å². The lowest BCUT2D eigenvalue weighted by molar-refractivity contribution is -0.137. The molecule has 0 aliphatic carbocycles. The third kappa shape index (κ3) is 7.24. The maximum absolute atomic E-state index is 11.7. The number of carboxylic acids is 1. The Bertz CT molecular complexity index is 390. The molecule has 0 aromatic heterocycles. The van der Waals surface area contributed by atoms with Crippen LogP contribution in [0.15, 0.2) is 30.3 Å². The maximum atomic E-state index is 11.7. The van der Waals surface area contributed by atoms with Gasteiger partial charge in [0.15, 0.2) is 0 Å². The fourth-order valence-corrected chi connectivity index (χ4v) is 1.83. The number of hydrogen-bond acceptors (Lipinski definition) is 2. The lowest BCUT2D eigenvalue weighted by Gasteiger charge is -2.05. The molecule has 0 atom stereocenters. The Labute approximate surface area is 113 Å². The lowest BCUT2D eigenvalue weighted by Crippen LogP contribution is -2.24. The van der Waals surface area contributed by atoms with E-state index in [-0.39, 0.29) is 12.3 Å². The number of unbranched alkanes of at least 4 members (excludes halogenated alkanes) is 4. The van der Waals surface area contributed by atoms with Crippen LogP contribution in [0.4, 0.5) is 0 Å². The summed E-state index contributed by atoms with van der Waals surface area (Å²) in [5.74, 6) is -0.762. The highest BCUT2D eigenvalue weighted by molar-refractivity contribution is 5.94. The summed E-state index contributed by atoms with van der Waals surface area (Å²) in [5, 5.41) is 11.4. The van der Waals surface area contributed by atoms with Gasteiger partial charge in [-0.25, -0.2) is 0 Å². The zero-order valence-electron chi connectivity index (χ0n) is 11.1. The minimum atomic E-state index is -0.727. The molecule has 1 aromatic rings. The summed E-state index contributed by atoms with van der Waals surface area (Å²) < 4.78 is 0. The molecule has 4 heteroatoms. The highest BCUT2D eigenvalue weighted by Crippen LogP contribution is 2.05. The van der Waals surface area contributed by atoms with Gasteiger partial charge in [0.25, 0.3) is 5.91 Å². The summed E-state index contributed by atoms with van der Waals surface area (Å²) >= 11 is 0. The minimum absolute atomic E-state index is 0.0357. The topological polar surface area (TPSA) is 66.4 Å². The smallest absolute Gasteiger partial charge is 0.303 e. The van der Waals surface area contributed by atoms with E-state index in [0.29, 0.717) is 12.1 Å². The van der Waals surface area contributed by atoms with Crippen LogP contribution in [0.3, 0.4) is 0 Å². The summed E-state index contributed by atoms with van der Waals surface area (Å²) in [5.41, 5.74) is 0.684. The zero-order valence-corrected chi connectivity index (χ0v) is 11.1. The molecule has 1 amide bonds. The summed E-state index contributed by atoms with van der Waals surface area (Å²) in [6.45, 7) is 0.673. The van der Waals surface area contributed by atoms with E-state index in [1.54, 1.807) is 12.1 Å². The largest absolute Gasteiger partial charge is 0.481 e. The van der Waals surface area contributed by atoms with Gasteiger partial charge in [0.05, 0.1) is 0 Å². The van der Waals surface area contributed by atoms with Crippen LogP contribution in [0.2, 0.25) is 0 Å². The van der Waals surface area contributed by atoms with Crippen LogP contribution in [-0.2, 0) is 4.79 Å². The van der Waals surface area contributed by atoms with Crippen molar-refractivity contribution in [3.05, 3.63) is 35.9 Å². The summed E-state index contributed by atoms with van der Waals surface area (Å²) in [6, 6.07) is 9.16. The van der Waals surface area contributed by atoms with Crippen LogP contribution < -0.4 is 5.32 Å². The number of rotatable bonds is 9. The lowest BCUT2D eigenvalue weighted by atomic mass is 10.1. The second kappa shape index (κ2) is 9.14. The molecule has 4 nitrogen and oxygen atoms in total. The van der Waals surface area contributed by atoms with Gasteiger partial charge in [0, 0.05) is 18.5 Å². The van der Waals surface area contributed by atoms with Crippen LogP contribution in [0.1, 0.15) is 48.9 Å². The van der Waals surface area contributed by atoms with Crippen molar-refractivity contribution in [3.63, 3.8) is 0 Å². The van der Waals surface area contributed by atoms with Crippen molar-refractivity contribution in [2.75, 3.05) is 6.54 Å². The molecule has 0 aliphatic heterocycles. The van der Waals surface area contributed by atoms with Gasteiger partial charge < -0.3 is 10.4 Å². The average molecular weight is 263 g/mol. The Morgan fingerprint density at radius 2 is 1.58 bits per heavy atom. The molecule has 0 aliphatic rings. The predicted molar refractivity (Wildman–Crippen MR) is 74.1 cm³/mol. The number of carbonyl (C=O) groups is 2. The van der Waals surface area contributed by atoms with E-state index < -0.39 is 5.97 Å². The molecule has 0 saturated carbocycles. The van der Waals surface area contributed by atoms with Crippen LogP contribution in [0.25, 0.3) is 0 Å². The number of nitrogens with one attached hydrogen (secondary N) is 1.